The van der Waals surface area contributed by atoms with Crippen molar-refractivity contribution < 1.29 is 4.79 Å². The maximum absolute atomic E-state index is 12.0. The van der Waals surface area contributed by atoms with Crippen molar-refractivity contribution in [3.63, 3.8) is 0 Å². The fourth-order valence-corrected chi connectivity index (χ4v) is 4.22. The summed E-state index contributed by atoms with van der Waals surface area (Å²) in [6.07, 6.45) is 11.8. The quantitative estimate of drug-likeness (QED) is 0.703. The lowest BCUT2D eigenvalue weighted by atomic mass is 9.93. The standard InChI is InChI=1S/C14H18INO/c15-11-9-16(10-5-2-1-3-6-10)12-7-4-8-13(17)14(11)12/h9-10H,1-8H2. The Bertz CT molecular complexity index is 443. The van der Waals surface area contributed by atoms with Crippen molar-refractivity contribution in [2.45, 2.75) is 57.4 Å². The van der Waals surface area contributed by atoms with Gasteiger partial charge < -0.3 is 4.57 Å². The molecule has 1 saturated carbocycles. The lowest BCUT2D eigenvalue weighted by molar-refractivity contribution is 0.0970. The van der Waals surface area contributed by atoms with Gasteiger partial charge in [0.05, 0.1) is 5.56 Å². The van der Waals surface area contributed by atoms with Crippen LogP contribution < -0.4 is 0 Å². The van der Waals surface area contributed by atoms with Gasteiger partial charge in [0.25, 0.3) is 0 Å². The molecule has 92 valence electrons. The van der Waals surface area contributed by atoms with Crippen LogP contribution in [0.2, 0.25) is 0 Å². The summed E-state index contributed by atoms with van der Waals surface area (Å²) >= 11 is 2.33. The van der Waals surface area contributed by atoms with Gasteiger partial charge in [0.15, 0.2) is 5.78 Å². The third-order valence-electron chi connectivity index (χ3n) is 4.16. The number of halogens is 1. The van der Waals surface area contributed by atoms with Crippen molar-refractivity contribution >= 4 is 28.4 Å². The highest BCUT2D eigenvalue weighted by Crippen LogP contribution is 2.35. The third kappa shape index (κ3) is 2.07. The predicted molar refractivity (Wildman–Crippen MR) is 76.5 cm³/mol. The first-order valence-corrected chi connectivity index (χ1v) is 7.77. The fraction of sp³-hybridized carbons (Fsp3) is 0.643. The van der Waals surface area contributed by atoms with Gasteiger partial charge in [0.1, 0.15) is 0 Å². The number of ketones is 1. The van der Waals surface area contributed by atoms with Crippen molar-refractivity contribution in [3.05, 3.63) is 21.0 Å². The average Bonchev–Trinajstić information content (AvgIpc) is 2.69. The number of nitrogens with zero attached hydrogens (tertiary/aromatic N) is 1. The Labute approximate surface area is 116 Å². The van der Waals surface area contributed by atoms with Gasteiger partial charge in [-0.05, 0) is 48.3 Å². The largest absolute Gasteiger partial charge is 0.347 e. The molecule has 0 N–H and O–H groups in total. The van der Waals surface area contributed by atoms with Gasteiger partial charge in [-0.25, -0.2) is 0 Å². The monoisotopic (exact) mass is 343 g/mol. The highest BCUT2D eigenvalue weighted by atomic mass is 127. The van der Waals surface area contributed by atoms with Crippen LogP contribution in [0.25, 0.3) is 0 Å². The van der Waals surface area contributed by atoms with Crippen molar-refractivity contribution in [1.82, 2.24) is 4.57 Å². The highest BCUT2D eigenvalue weighted by molar-refractivity contribution is 14.1. The average molecular weight is 343 g/mol. The molecule has 3 rings (SSSR count). The number of hydrogen-bond donors (Lipinski definition) is 0. The van der Waals surface area contributed by atoms with Gasteiger partial charge in [0.2, 0.25) is 0 Å². The Morgan fingerprint density at radius 1 is 1.12 bits per heavy atom. The highest BCUT2D eigenvalue weighted by Gasteiger charge is 2.27. The molecule has 0 atom stereocenters. The molecule has 1 aromatic heterocycles. The zero-order valence-electron chi connectivity index (χ0n) is 10.0. The summed E-state index contributed by atoms with van der Waals surface area (Å²) in [6, 6.07) is 0.659. The number of rotatable bonds is 1. The summed E-state index contributed by atoms with van der Waals surface area (Å²) in [4.78, 5) is 12.0. The van der Waals surface area contributed by atoms with Gasteiger partial charge >= 0.3 is 0 Å². The number of Topliss-reactive ketones (excluding diaryl/α,β-unsaturated/α-hetero) is 1. The number of aromatic nitrogens is 1. The minimum atomic E-state index is 0.366. The summed E-state index contributed by atoms with van der Waals surface area (Å²) in [6.45, 7) is 0. The molecule has 3 heteroatoms. The third-order valence-corrected chi connectivity index (χ3v) is 4.97. The topological polar surface area (TPSA) is 22.0 Å². The minimum Gasteiger partial charge on any atom is -0.347 e. The van der Waals surface area contributed by atoms with E-state index in [0.717, 1.165) is 24.8 Å². The van der Waals surface area contributed by atoms with Gasteiger partial charge in [-0.2, -0.15) is 0 Å². The van der Waals surface area contributed by atoms with Crippen molar-refractivity contribution in [2.75, 3.05) is 0 Å². The number of carbonyl (C=O) groups is 1. The van der Waals surface area contributed by atoms with E-state index in [1.54, 1.807) is 0 Å². The summed E-state index contributed by atoms with van der Waals surface area (Å²) in [5, 5.41) is 0. The van der Waals surface area contributed by atoms with Gasteiger partial charge in [-0.15, -0.1) is 0 Å². The molecule has 0 radical (unpaired) electrons. The summed E-state index contributed by atoms with van der Waals surface area (Å²) < 4.78 is 3.61. The van der Waals surface area contributed by atoms with E-state index in [2.05, 4.69) is 33.4 Å². The smallest absolute Gasteiger partial charge is 0.165 e. The molecule has 17 heavy (non-hydrogen) atoms. The van der Waals surface area contributed by atoms with E-state index in [4.69, 9.17) is 0 Å². The molecule has 1 aromatic rings. The van der Waals surface area contributed by atoms with E-state index in [0.29, 0.717) is 11.8 Å². The molecule has 1 fully saturated rings. The molecule has 0 unspecified atom stereocenters. The maximum Gasteiger partial charge on any atom is 0.165 e. The second-order valence-corrected chi connectivity index (χ2v) is 6.44. The molecular weight excluding hydrogens is 325 g/mol. The molecule has 1 heterocycles. The van der Waals surface area contributed by atoms with Gasteiger partial charge in [-0.1, -0.05) is 19.3 Å². The van der Waals surface area contributed by atoms with Crippen LogP contribution in [0.15, 0.2) is 6.20 Å². The van der Waals surface area contributed by atoms with Crippen LogP contribution >= 0.6 is 22.6 Å². The van der Waals surface area contributed by atoms with Crippen LogP contribution in [0.3, 0.4) is 0 Å². The lowest BCUT2D eigenvalue weighted by Gasteiger charge is -2.26. The van der Waals surface area contributed by atoms with Crippen LogP contribution in [0.5, 0.6) is 0 Å². The molecule has 0 spiro atoms. The Balaban J connectivity index is 2.00. The first-order chi connectivity index (χ1) is 8.27. The molecule has 0 bridgehead atoms. The number of fused-ring (bicyclic) bond motifs is 1. The zero-order valence-corrected chi connectivity index (χ0v) is 12.2. The molecule has 0 aliphatic heterocycles. The molecule has 2 aliphatic rings. The second kappa shape index (κ2) is 4.75. The van der Waals surface area contributed by atoms with Gasteiger partial charge in [-0.3, -0.25) is 4.79 Å². The molecule has 0 amide bonds. The second-order valence-electron chi connectivity index (χ2n) is 5.27. The SMILES string of the molecule is O=C1CCCc2c1c(I)cn2C1CCCCC1. The molecule has 2 aliphatic carbocycles. The summed E-state index contributed by atoms with van der Waals surface area (Å²) in [7, 11) is 0. The zero-order chi connectivity index (χ0) is 11.8. The fourth-order valence-electron chi connectivity index (χ4n) is 3.31. The summed E-state index contributed by atoms with van der Waals surface area (Å²) in [5.41, 5.74) is 2.37. The Hall–Kier alpha value is -0.320. The van der Waals surface area contributed by atoms with Crippen LogP contribution in [0.1, 0.15) is 67.0 Å². The first kappa shape index (κ1) is 11.8. The molecule has 0 saturated heterocycles. The molecule has 2 nitrogen and oxygen atoms in total. The van der Waals surface area contributed by atoms with E-state index >= 15 is 0 Å². The van der Waals surface area contributed by atoms with E-state index in [9.17, 15) is 4.79 Å². The van der Waals surface area contributed by atoms with E-state index in [1.807, 2.05) is 0 Å². The van der Waals surface area contributed by atoms with Crippen LogP contribution in [0, 0.1) is 3.57 Å². The maximum atomic E-state index is 12.0. The minimum absolute atomic E-state index is 0.366. The van der Waals surface area contributed by atoms with Crippen molar-refractivity contribution in [3.8, 4) is 0 Å². The van der Waals surface area contributed by atoms with Crippen molar-refractivity contribution in [2.24, 2.45) is 0 Å². The summed E-state index contributed by atoms with van der Waals surface area (Å²) in [5.74, 6) is 0.366. The Morgan fingerprint density at radius 3 is 2.65 bits per heavy atom. The lowest BCUT2D eigenvalue weighted by Crippen LogP contribution is -2.18. The van der Waals surface area contributed by atoms with E-state index in [1.165, 1.54) is 41.4 Å². The van der Waals surface area contributed by atoms with Crippen molar-refractivity contribution in [1.29, 1.82) is 0 Å². The number of carbonyl (C=O) groups excluding carboxylic acids is 1. The molecular formula is C14H18INO. The Morgan fingerprint density at radius 2 is 1.88 bits per heavy atom. The van der Waals surface area contributed by atoms with Crippen LogP contribution in [-0.2, 0) is 6.42 Å². The number of hydrogen-bond acceptors (Lipinski definition) is 1. The predicted octanol–water partition coefficient (Wildman–Crippen LogP) is 4.12. The Kier molecular flexibility index (Phi) is 3.28. The van der Waals surface area contributed by atoms with Crippen LogP contribution in [0.4, 0.5) is 0 Å². The molecule has 0 aromatic carbocycles. The first-order valence-electron chi connectivity index (χ1n) is 6.70. The normalized spacial score (nSPS) is 21.6. The van der Waals surface area contributed by atoms with E-state index in [-0.39, 0.29) is 0 Å². The van der Waals surface area contributed by atoms with Gasteiger partial charge in [0, 0.05) is 27.9 Å². The van der Waals surface area contributed by atoms with Crippen LogP contribution in [-0.4, -0.2) is 10.4 Å². The van der Waals surface area contributed by atoms with E-state index < -0.39 is 0 Å².